The number of hydrogen-bond donors (Lipinski definition) is 4. The Kier molecular flexibility index (Phi) is 13.9. The van der Waals surface area contributed by atoms with Crippen LogP contribution in [0.4, 0.5) is 0 Å². The summed E-state index contributed by atoms with van der Waals surface area (Å²) in [6.07, 6.45) is 2.49. The number of piperidine rings is 1. The number of aliphatic hydroxyl groups is 1. The highest BCUT2D eigenvalue weighted by molar-refractivity contribution is 7.90. The number of carboxylic acids is 3. The van der Waals surface area contributed by atoms with Crippen LogP contribution in [0.5, 0.6) is 0 Å². The highest BCUT2D eigenvalue weighted by Crippen LogP contribution is 2.46. The van der Waals surface area contributed by atoms with Crippen LogP contribution >= 0.6 is 23.2 Å². The monoisotopic (exact) mass is 760 g/mol. The van der Waals surface area contributed by atoms with Crippen molar-refractivity contribution in [2.24, 2.45) is 0 Å². The third-order valence-electron chi connectivity index (χ3n) is 9.50. The van der Waals surface area contributed by atoms with Crippen molar-refractivity contribution < 1.29 is 44.2 Å². The normalized spacial score (nSPS) is 17.6. The molecule has 1 amide bonds. The smallest absolute Gasteiger partial charge is 0.336 e. The molecule has 3 atom stereocenters. The quantitative estimate of drug-likeness (QED) is 0.150. The summed E-state index contributed by atoms with van der Waals surface area (Å²) in [4.78, 5) is 49.3. The lowest BCUT2D eigenvalue weighted by atomic mass is 9.83. The molecule has 5 rings (SSSR count). The third kappa shape index (κ3) is 9.82. The van der Waals surface area contributed by atoms with Gasteiger partial charge in [-0.3, -0.25) is 14.4 Å². The molecule has 2 aliphatic heterocycles. The van der Waals surface area contributed by atoms with E-state index < -0.39 is 47.5 Å². The van der Waals surface area contributed by atoms with Crippen molar-refractivity contribution in [3.05, 3.63) is 99.0 Å². The summed E-state index contributed by atoms with van der Waals surface area (Å²) in [5, 5.41) is 34.9. The second-order valence-corrected chi connectivity index (χ2v) is 14.9. The van der Waals surface area contributed by atoms with Crippen LogP contribution in [0.2, 0.25) is 10.0 Å². The van der Waals surface area contributed by atoms with Gasteiger partial charge in [0.15, 0.2) is 10.5 Å². The summed E-state index contributed by atoms with van der Waals surface area (Å²) >= 11 is 11.8. The number of aliphatic carboxylic acids is 3. The topological polar surface area (TPSA) is 179 Å². The molecular formula is C37H42Cl2N2O9S. The lowest BCUT2D eigenvalue weighted by molar-refractivity contribution is -0.170. The minimum Gasteiger partial charge on any atom is -0.612 e. The molecule has 2 aliphatic rings. The maximum atomic E-state index is 13.3. The standard InChI is InChI=1S/C31H34Cl2N2O2S.C6H8O7/c1-3-35-30(25-9-4-5-10-26(25)31(35)36)24(22-12-13-27(32)28(33)20-22)16-19-34-17-14-21(15-18-34)23-8-6-7-11-29(23)38(2)37;7-3(8)1-6(13,5(11)12)2-4(9)10/h4-13,20-21,24,30H,3,14-19H2,1-2H3;13H,1-2H2,(H,7,8)(H,9,10)(H,11,12)/t24-,30+,38+;/m0./s1. The maximum Gasteiger partial charge on any atom is 0.336 e. The minimum absolute atomic E-state index is 0.0371. The number of carboxylic acid groups (broad SMARTS) is 3. The van der Waals surface area contributed by atoms with Crippen LogP contribution in [0.25, 0.3) is 0 Å². The van der Waals surface area contributed by atoms with Gasteiger partial charge in [0.1, 0.15) is 6.26 Å². The largest absolute Gasteiger partial charge is 0.612 e. The zero-order valence-corrected chi connectivity index (χ0v) is 30.7. The maximum absolute atomic E-state index is 13.3. The summed E-state index contributed by atoms with van der Waals surface area (Å²) in [6.45, 7) is 5.64. The molecule has 274 valence electrons. The number of likely N-dealkylation sites (tertiary alicyclic amines) is 1. The van der Waals surface area contributed by atoms with E-state index in [-0.39, 0.29) is 17.9 Å². The average molecular weight is 762 g/mol. The van der Waals surface area contributed by atoms with Crippen LogP contribution < -0.4 is 0 Å². The second-order valence-electron chi connectivity index (χ2n) is 12.8. The molecule has 0 aromatic heterocycles. The number of rotatable bonds is 13. The van der Waals surface area contributed by atoms with Gasteiger partial charge in [0.2, 0.25) is 0 Å². The first-order valence-corrected chi connectivity index (χ1v) is 18.9. The molecule has 14 heteroatoms. The predicted molar refractivity (Wildman–Crippen MR) is 194 cm³/mol. The molecule has 0 spiro atoms. The van der Waals surface area contributed by atoms with E-state index >= 15 is 0 Å². The van der Waals surface area contributed by atoms with Crippen molar-refractivity contribution in [2.45, 2.75) is 67.4 Å². The van der Waals surface area contributed by atoms with Crippen molar-refractivity contribution >= 4 is 58.2 Å². The Balaban J connectivity index is 0.000000383. The van der Waals surface area contributed by atoms with E-state index in [2.05, 4.69) is 36.1 Å². The molecule has 2 heterocycles. The first kappa shape index (κ1) is 40.1. The second kappa shape index (κ2) is 17.7. The average Bonchev–Trinajstić information content (AvgIpc) is 3.37. The van der Waals surface area contributed by atoms with E-state index in [4.69, 9.17) is 43.6 Å². The van der Waals surface area contributed by atoms with Gasteiger partial charge in [-0.15, -0.1) is 0 Å². The van der Waals surface area contributed by atoms with Crippen LogP contribution in [-0.4, -0.2) is 96.6 Å². The zero-order chi connectivity index (χ0) is 37.5. The summed E-state index contributed by atoms with van der Waals surface area (Å²) in [6, 6.07) is 22.0. The zero-order valence-electron chi connectivity index (χ0n) is 28.3. The summed E-state index contributed by atoms with van der Waals surface area (Å²) < 4.78 is 12.3. The summed E-state index contributed by atoms with van der Waals surface area (Å²) in [5.74, 6) is -4.38. The molecule has 0 saturated carbocycles. The highest BCUT2D eigenvalue weighted by atomic mass is 35.5. The van der Waals surface area contributed by atoms with E-state index in [1.165, 1.54) is 5.56 Å². The van der Waals surface area contributed by atoms with E-state index in [1.54, 1.807) is 6.26 Å². The van der Waals surface area contributed by atoms with Gasteiger partial charge in [0.05, 0.1) is 28.9 Å². The van der Waals surface area contributed by atoms with Gasteiger partial charge in [-0.2, -0.15) is 0 Å². The van der Waals surface area contributed by atoms with Gasteiger partial charge in [-0.05, 0) is 98.3 Å². The number of benzene rings is 3. The van der Waals surface area contributed by atoms with Crippen molar-refractivity contribution in [3.63, 3.8) is 0 Å². The molecule has 1 fully saturated rings. The predicted octanol–water partition coefficient (Wildman–Crippen LogP) is 6.05. The molecule has 11 nitrogen and oxygen atoms in total. The molecule has 4 N–H and O–H groups in total. The molecule has 3 aromatic carbocycles. The Morgan fingerprint density at radius 1 is 0.922 bits per heavy atom. The van der Waals surface area contributed by atoms with Gasteiger partial charge >= 0.3 is 17.9 Å². The fourth-order valence-corrected chi connectivity index (χ4v) is 8.15. The van der Waals surface area contributed by atoms with Gasteiger partial charge in [-0.25, -0.2) is 4.79 Å². The lowest BCUT2D eigenvalue weighted by Crippen LogP contribution is -2.42. The Labute approximate surface area is 310 Å². The SMILES string of the molecule is CCN1C(=O)c2ccccc2[C@H]1[C@@H](CCN1CCC(c2ccccc2[S@@+](C)[O-])CC1)c1ccc(Cl)c(Cl)c1.O=C(O)CC(O)(CC(=O)O)C(=O)O. The Morgan fingerprint density at radius 2 is 1.51 bits per heavy atom. The van der Waals surface area contributed by atoms with Crippen LogP contribution in [-0.2, 0) is 25.6 Å². The fourth-order valence-electron chi connectivity index (χ4n) is 7.01. The van der Waals surface area contributed by atoms with Crippen molar-refractivity contribution in [1.29, 1.82) is 0 Å². The Bertz CT molecular complexity index is 1720. The highest BCUT2D eigenvalue weighted by Gasteiger charge is 2.42. The van der Waals surface area contributed by atoms with E-state index in [9.17, 15) is 23.7 Å². The van der Waals surface area contributed by atoms with Crippen molar-refractivity contribution in [2.75, 3.05) is 32.4 Å². The van der Waals surface area contributed by atoms with Gasteiger partial charge in [-0.1, -0.05) is 65.7 Å². The molecule has 0 aliphatic carbocycles. The van der Waals surface area contributed by atoms with E-state index in [1.807, 2.05) is 47.4 Å². The molecule has 0 unspecified atom stereocenters. The molecular weight excluding hydrogens is 719 g/mol. The Hall–Kier alpha value is -3.65. The number of likely N-dealkylation sites (N-methyl/N-ethyl adjacent to an activating group) is 1. The number of nitrogens with zero attached hydrogens (tertiary/aromatic N) is 2. The minimum atomic E-state index is -2.74. The van der Waals surface area contributed by atoms with E-state index in [0.717, 1.165) is 60.5 Å². The van der Waals surface area contributed by atoms with Crippen molar-refractivity contribution in [1.82, 2.24) is 9.80 Å². The molecule has 0 bridgehead atoms. The number of hydrogen-bond acceptors (Lipinski definition) is 7. The Morgan fingerprint density at radius 3 is 2.06 bits per heavy atom. The van der Waals surface area contributed by atoms with E-state index in [0.29, 0.717) is 22.5 Å². The van der Waals surface area contributed by atoms with Crippen LogP contribution in [0.3, 0.4) is 0 Å². The number of carbonyl (C=O) groups is 4. The molecule has 51 heavy (non-hydrogen) atoms. The van der Waals surface area contributed by atoms with Crippen LogP contribution in [0.1, 0.15) is 84.0 Å². The van der Waals surface area contributed by atoms with Crippen LogP contribution in [0, 0.1) is 0 Å². The first-order valence-electron chi connectivity index (χ1n) is 16.6. The summed E-state index contributed by atoms with van der Waals surface area (Å²) in [7, 11) is 0. The van der Waals surface area contributed by atoms with Gasteiger partial charge in [0.25, 0.3) is 5.91 Å². The first-order chi connectivity index (χ1) is 24.2. The number of halogens is 2. The van der Waals surface area contributed by atoms with Gasteiger partial charge < -0.3 is 34.8 Å². The van der Waals surface area contributed by atoms with Crippen molar-refractivity contribution in [3.8, 4) is 0 Å². The molecule has 3 aromatic rings. The van der Waals surface area contributed by atoms with Crippen LogP contribution in [0.15, 0.2) is 71.6 Å². The number of amides is 1. The molecule has 0 radical (unpaired) electrons. The number of carbonyl (C=O) groups excluding carboxylic acids is 1. The molecule has 1 saturated heterocycles. The summed E-state index contributed by atoms with van der Waals surface area (Å²) in [5.41, 5.74) is 1.51. The van der Waals surface area contributed by atoms with Gasteiger partial charge in [0, 0.05) is 23.6 Å². The lowest BCUT2D eigenvalue weighted by Gasteiger charge is -2.36. The number of fused-ring (bicyclic) bond motifs is 1. The third-order valence-corrected chi connectivity index (χ3v) is 11.2. The fraction of sp³-hybridized carbons (Fsp3) is 0.405.